The Morgan fingerprint density at radius 1 is 1.11 bits per heavy atom. The molecule has 2 unspecified atom stereocenters. The van der Waals surface area contributed by atoms with Gasteiger partial charge in [0.2, 0.25) is 0 Å². The number of aromatic amines is 1. The molecule has 5 aromatic rings. The molecule has 6 rings (SSSR count). The molecular weight excluding hydrogens is 463 g/mol. The number of nitrogens with zero attached hydrogens (tertiary/aromatic N) is 4. The van der Waals surface area contributed by atoms with Gasteiger partial charge in [-0.1, -0.05) is 18.2 Å². The number of halogens is 1. The number of pyridine rings is 1. The van der Waals surface area contributed by atoms with E-state index in [-0.39, 0.29) is 29.8 Å². The van der Waals surface area contributed by atoms with Gasteiger partial charge in [-0.25, -0.2) is 18.9 Å². The Morgan fingerprint density at radius 2 is 1.94 bits per heavy atom. The van der Waals surface area contributed by atoms with Crippen LogP contribution in [0.3, 0.4) is 0 Å². The van der Waals surface area contributed by atoms with Gasteiger partial charge < -0.3 is 14.8 Å². The van der Waals surface area contributed by atoms with E-state index in [0.29, 0.717) is 22.6 Å². The van der Waals surface area contributed by atoms with Crippen LogP contribution >= 0.6 is 0 Å². The summed E-state index contributed by atoms with van der Waals surface area (Å²) in [5.41, 5.74) is 2.88. The summed E-state index contributed by atoms with van der Waals surface area (Å²) in [7, 11) is 0. The van der Waals surface area contributed by atoms with E-state index in [1.165, 1.54) is 22.9 Å². The summed E-state index contributed by atoms with van der Waals surface area (Å²) in [4.78, 5) is 19.2. The molecular formula is C26H23FN6O3. The molecule has 0 spiro atoms. The van der Waals surface area contributed by atoms with E-state index in [9.17, 15) is 9.18 Å². The van der Waals surface area contributed by atoms with Crippen LogP contribution in [0.25, 0.3) is 16.9 Å². The lowest BCUT2D eigenvalue weighted by Crippen LogP contribution is -2.18. The van der Waals surface area contributed by atoms with Crippen LogP contribution in [0, 0.1) is 5.82 Å². The second-order valence-electron chi connectivity index (χ2n) is 8.79. The molecule has 4 heterocycles. The van der Waals surface area contributed by atoms with E-state index in [1.54, 1.807) is 16.8 Å². The van der Waals surface area contributed by atoms with Crippen LogP contribution in [0.5, 0.6) is 11.5 Å². The number of H-pyrrole nitrogens is 1. The number of ether oxygens (including phenoxy) is 2. The van der Waals surface area contributed by atoms with Crippen molar-refractivity contribution in [1.29, 1.82) is 0 Å². The molecule has 1 fully saturated rings. The summed E-state index contributed by atoms with van der Waals surface area (Å²) in [6.07, 6.45) is 2.86. The molecule has 1 aliphatic rings. The topological polar surface area (TPSA) is 102 Å². The van der Waals surface area contributed by atoms with E-state index < -0.39 is 5.82 Å². The average molecular weight is 487 g/mol. The Bertz CT molecular complexity index is 1610. The second kappa shape index (κ2) is 8.65. The van der Waals surface area contributed by atoms with Crippen LogP contribution in [0.2, 0.25) is 0 Å². The zero-order chi connectivity index (χ0) is 24.8. The maximum Gasteiger partial charge on any atom is 0.328 e. The normalized spacial score (nSPS) is 17.0. The van der Waals surface area contributed by atoms with Gasteiger partial charge >= 0.3 is 5.69 Å². The van der Waals surface area contributed by atoms with Gasteiger partial charge in [0.05, 0.1) is 11.4 Å². The zero-order valence-corrected chi connectivity index (χ0v) is 19.6. The first-order valence-corrected chi connectivity index (χ1v) is 11.6. The Hall–Kier alpha value is -4.44. The highest BCUT2D eigenvalue weighted by atomic mass is 19.1. The van der Waals surface area contributed by atoms with Crippen LogP contribution < -0.4 is 15.7 Å². The van der Waals surface area contributed by atoms with E-state index in [1.807, 2.05) is 56.4 Å². The molecule has 182 valence electrons. The molecule has 10 heteroatoms. The van der Waals surface area contributed by atoms with Crippen molar-refractivity contribution in [2.24, 2.45) is 0 Å². The Balaban J connectivity index is 1.17. The van der Waals surface area contributed by atoms with Crippen LogP contribution in [0.1, 0.15) is 31.7 Å². The number of epoxide rings is 1. The third-order valence-corrected chi connectivity index (χ3v) is 5.96. The molecule has 2 aromatic carbocycles. The first-order chi connectivity index (χ1) is 17.5. The molecule has 0 radical (unpaired) electrons. The number of fused-ring (bicyclic) bond motifs is 1. The van der Waals surface area contributed by atoms with Gasteiger partial charge in [-0.3, -0.25) is 9.55 Å². The second-order valence-corrected chi connectivity index (χ2v) is 8.79. The Kier molecular flexibility index (Phi) is 5.30. The molecule has 1 aliphatic heterocycles. The molecule has 36 heavy (non-hydrogen) atoms. The zero-order valence-electron chi connectivity index (χ0n) is 19.6. The van der Waals surface area contributed by atoms with E-state index in [4.69, 9.17) is 9.47 Å². The summed E-state index contributed by atoms with van der Waals surface area (Å²) < 4.78 is 29.9. The molecule has 1 saturated heterocycles. The number of para-hydroxylation sites is 1. The lowest BCUT2D eigenvalue weighted by molar-refractivity contribution is 0.382. The van der Waals surface area contributed by atoms with Crippen molar-refractivity contribution in [3.8, 4) is 17.2 Å². The Labute approximate surface area is 205 Å². The third kappa shape index (κ3) is 4.01. The van der Waals surface area contributed by atoms with E-state index in [2.05, 4.69) is 20.4 Å². The number of anilines is 1. The number of nitrogens with one attached hydrogen (secondary N) is 2. The van der Waals surface area contributed by atoms with Crippen LogP contribution in [0.15, 0.2) is 77.9 Å². The molecule has 3 aromatic heterocycles. The summed E-state index contributed by atoms with van der Waals surface area (Å²) in [5.74, 6) is -0.178. The van der Waals surface area contributed by atoms with Crippen molar-refractivity contribution < 1.29 is 13.9 Å². The SMILES string of the molecule is CC(C)n1c(=O)[nH]c2nccc(Oc3ccc(NC4OC4c4ccn(-c5ccccc5)n4)cc3F)c21. The highest BCUT2D eigenvalue weighted by Crippen LogP contribution is 2.39. The summed E-state index contributed by atoms with van der Waals surface area (Å²) in [5, 5.41) is 7.76. The van der Waals surface area contributed by atoms with Crippen molar-refractivity contribution in [3.05, 3.63) is 95.1 Å². The minimum Gasteiger partial charge on any atom is -0.452 e. The van der Waals surface area contributed by atoms with Crippen molar-refractivity contribution in [3.63, 3.8) is 0 Å². The average Bonchev–Trinajstić information content (AvgIpc) is 3.29. The van der Waals surface area contributed by atoms with Crippen molar-refractivity contribution >= 4 is 16.9 Å². The van der Waals surface area contributed by atoms with Gasteiger partial charge in [0.15, 0.2) is 29.2 Å². The molecule has 0 amide bonds. The standard InChI is InChI=1S/C26H23FN6O3/c1-15(2)33-22-21(10-12-28-24(22)30-26(33)34)35-20-9-8-16(14-18(20)27)29-25-23(36-25)19-11-13-32(31-19)17-6-4-3-5-7-17/h3-15,23,25,29H,1-2H3,(H,28,30,34). The van der Waals surface area contributed by atoms with Gasteiger partial charge in [-0.2, -0.15) is 5.10 Å². The number of hydrogen-bond donors (Lipinski definition) is 2. The van der Waals surface area contributed by atoms with Crippen molar-refractivity contribution in [1.82, 2.24) is 24.3 Å². The van der Waals surface area contributed by atoms with Gasteiger partial charge in [-0.15, -0.1) is 0 Å². The largest absolute Gasteiger partial charge is 0.452 e. The molecule has 0 bridgehead atoms. The number of rotatable bonds is 7. The number of aromatic nitrogens is 5. The lowest BCUT2D eigenvalue weighted by Gasteiger charge is -2.12. The van der Waals surface area contributed by atoms with E-state index >= 15 is 0 Å². The van der Waals surface area contributed by atoms with Gasteiger partial charge in [0.25, 0.3) is 0 Å². The van der Waals surface area contributed by atoms with Crippen LogP contribution in [-0.4, -0.2) is 30.5 Å². The first kappa shape index (κ1) is 22.1. The van der Waals surface area contributed by atoms with Crippen molar-refractivity contribution in [2.75, 3.05) is 5.32 Å². The third-order valence-electron chi connectivity index (χ3n) is 5.96. The molecule has 2 N–H and O–H groups in total. The number of hydrogen-bond acceptors (Lipinski definition) is 6. The lowest BCUT2D eigenvalue weighted by atomic mass is 10.2. The smallest absolute Gasteiger partial charge is 0.328 e. The quantitative estimate of drug-likeness (QED) is 0.316. The number of imidazole rings is 1. The fourth-order valence-corrected chi connectivity index (χ4v) is 4.22. The number of benzene rings is 2. The summed E-state index contributed by atoms with van der Waals surface area (Å²) in [6, 6.07) is 17.8. The minimum absolute atomic E-state index is 0.0341. The highest BCUT2D eigenvalue weighted by Gasteiger charge is 2.42. The van der Waals surface area contributed by atoms with E-state index in [0.717, 1.165) is 11.4 Å². The fraction of sp³-hybridized carbons (Fsp3) is 0.192. The molecule has 9 nitrogen and oxygen atoms in total. The predicted octanol–water partition coefficient (Wildman–Crippen LogP) is 4.93. The monoisotopic (exact) mass is 486 g/mol. The summed E-state index contributed by atoms with van der Waals surface area (Å²) in [6.45, 7) is 3.76. The molecule has 0 aliphatic carbocycles. The molecule has 0 saturated carbocycles. The fourth-order valence-electron chi connectivity index (χ4n) is 4.22. The maximum absolute atomic E-state index is 15.0. The van der Waals surface area contributed by atoms with Crippen molar-refractivity contribution in [2.45, 2.75) is 32.2 Å². The predicted molar refractivity (Wildman–Crippen MR) is 132 cm³/mol. The van der Waals surface area contributed by atoms with Crippen LogP contribution in [0.4, 0.5) is 10.1 Å². The van der Waals surface area contributed by atoms with Crippen LogP contribution in [-0.2, 0) is 4.74 Å². The summed E-state index contributed by atoms with van der Waals surface area (Å²) >= 11 is 0. The Morgan fingerprint density at radius 3 is 2.72 bits per heavy atom. The van der Waals surface area contributed by atoms with Gasteiger partial charge in [0.1, 0.15) is 11.6 Å². The maximum atomic E-state index is 15.0. The minimum atomic E-state index is -0.551. The van der Waals surface area contributed by atoms with Gasteiger partial charge in [-0.05, 0) is 44.2 Å². The first-order valence-electron chi connectivity index (χ1n) is 11.6. The van der Waals surface area contributed by atoms with Gasteiger partial charge in [0, 0.05) is 36.3 Å². The molecule has 2 atom stereocenters. The highest BCUT2D eigenvalue weighted by molar-refractivity contribution is 5.78.